The molecule has 5 nitrogen and oxygen atoms in total. The number of carbonyl (C=O) groups excluding carboxylic acids is 1. The van der Waals surface area contributed by atoms with Crippen LogP contribution in [0.2, 0.25) is 0 Å². The molecule has 1 amide bonds. The van der Waals surface area contributed by atoms with E-state index in [9.17, 15) is 18.0 Å². The molecule has 0 N–H and O–H groups in total. The highest BCUT2D eigenvalue weighted by Crippen LogP contribution is 2.37. The van der Waals surface area contributed by atoms with Gasteiger partial charge in [-0.1, -0.05) is 6.08 Å². The molecule has 1 aromatic heterocycles. The Kier molecular flexibility index (Phi) is 4.67. The number of aromatic nitrogens is 1. The van der Waals surface area contributed by atoms with Gasteiger partial charge in [-0.3, -0.25) is 4.79 Å². The lowest BCUT2D eigenvalue weighted by molar-refractivity contribution is -0.139. The van der Waals surface area contributed by atoms with E-state index in [2.05, 4.69) is 11.6 Å². The Labute approximate surface area is 145 Å². The first-order valence-electron chi connectivity index (χ1n) is 7.20. The second kappa shape index (κ2) is 6.75. The number of fused-ring (bicyclic) bond motifs is 1. The van der Waals surface area contributed by atoms with Gasteiger partial charge in [0.05, 0.1) is 6.20 Å². The molecule has 0 atom stereocenters. The van der Waals surface area contributed by atoms with Gasteiger partial charge in [0, 0.05) is 12.1 Å². The first-order chi connectivity index (χ1) is 11.9. The van der Waals surface area contributed by atoms with Crippen LogP contribution in [-0.4, -0.2) is 41.8 Å². The SMILES string of the molecule is C=CCN(CC(F)(F)F)C(=O)c1cnc(-c2ccc3c(c2)OCO3)s1. The van der Waals surface area contributed by atoms with E-state index in [1.165, 1.54) is 12.3 Å². The van der Waals surface area contributed by atoms with E-state index in [0.29, 0.717) is 27.0 Å². The van der Waals surface area contributed by atoms with Gasteiger partial charge < -0.3 is 14.4 Å². The number of amides is 1. The Bertz CT molecular complexity index is 804. The van der Waals surface area contributed by atoms with Crippen LogP contribution in [0.5, 0.6) is 11.5 Å². The molecule has 0 unspecified atom stereocenters. The second-order valence-corrected chi connectivity index (χ2v) is 6.22. The van der Waals surface area contributed by atoms with Crippen molar-refractivity contribution in [2.45, 2.75) is 6.18 Å². The standard InChI is InChI=1S/C16H13F3N2O3S/c1-2-5-21(8-16(17,18)19)15(22)13-7-20-14(25-13)10-3-4-11-12(6-10)24-9-23-11/h2-4,6-7H,1,5,8-9H2. The Morgan fingerprint density at radius 1 is 1.36 bits per heavy atom. The van der Waals surface area contributed by atoms with E-state index < -0.39 is 18.6 Å². The Balaban J connectivity index is 1.82. The van der Waals surface area contributed by atoms with Gasteiger partial charge in [-0.25, -0.2) is 4.98 Å². The minimum absolute atomic E-state index is 0.124. The maximum Gasteiger partial charge on any atom is 0.406 e. The monoisotopic (exact) mass is 370 g/mol. The molecule has 0 aliphatic carbocycles. The van der Waals surface area contributed by atoms with Gasteiger partial charge in [0.15, 0.2) is 11.5 Å². The van der Waals surface area contributed by atoms with Crippen molar-refractivity contribution in [2.75, 3.05) is 19.9 Å². The van der Waals surface area contributed by atoms with E-state index in [-0.39, 0.29) is 18.2 Å². The van der Waals surface area contributed by atoms with Crippen molar-refractivity contribution in [3.05, 3.63) is 41.9 Å². The Morgan fingerprint density at radius 3 is 2.84 bits per heavy atom. The van der Waals surface area contributed by atoms with E-state index in [4.69, 9.17) is 9.47 Å². The van der Waals surface area contributed by atoms with Gasteiger partial charge in [-0.15, -0.1) is 17.9 Å². The number of thiazole rings is 1. The summed E-state index contributed by atoms with van der Waals surface area (Å²) in [5.74, 6) is 0.437. The zero-order chi connectivity index (χ0) is 18.0. The van der Waals surface area contributed by atoms with Crippen molar-refractivity contribution in [3.8, 4) is 22.1 Å². The highest BCUT2D eigenvalue weighted by atomic mass is 32.1. The summed E-state index contributed by atoms with van der Waals surface area (Å²) in [5.41, 5.74) is 0.694. The average Bonchev–Trinajstić information content (AvgIpc) is 3.21. The number of hydrogen-bond acceptors (Lipinski definition) is 5. The molecule has 1 aliphatic rings. The number of ether oxygens (including phenoxy) is 2. The van der Waals surface area contributed by atoms with E-state index in [1.54, 1.807) is 18.2 Å². The topological polar surface area (TPSA) is 51.7 Å². The number of benzene rings is 1. The fraction of sp³-hybridized carbons (Fsp3) is 0.250. The molecule has 0 radical (unpaired) electrons. The number of hydrogen-bond donors (Lipinski definition) is 0. The second-order valence-electron chi connectivity index (χ2n) is 5.19. The van der Waals surface area contributed by atoms with Crippen molar-refractivity contribution in [3.63, 3.8) is 0 Å². The van der Waals surface area contributed by atoms with Crippen LogP contribution in [0.3, 0.4) is 0 Å². The van der Waals surface area contributed by atoms with Crippen molar-refractivity contribution >= 4 is 17.2 Å². The largest absolute Gasteiger partial charge is 0.454 e. The zero-order valence-corrected chi connectivity index (χ0v) is 13.7. The summed E-state index contributed by atoms with van der Waals surface area (Å²) in [6.07, 6.45) is -1.95. The number of carbonyl (C=O) groups is 1. The van der Waals surface area contributed by atoms with Crippen LogP contribution in [0.15, 0.2) is 37.1 Å². The van der Waals surface area contributed by atoms with Crippen molar-refractivity contribution < 1.29 is 27.4 Å². The number of rotatable bonds is 5. The number of nitrogens with zero attached hydrogens (tertiary/aromatic N) is 2. The highest BCUT2D eigenvalue weighted by Gasteiger charge is 2.33. The molecule has 0 saturated heterocycles. The zero-order valence-electron chi connectivity index (χ0n) is 12.9. The highest BCUT2D eigenvalue weighted by molar-refractivity contribution is 7.16. The number of alkyl halides is 3. The first-order valence-corrected chi connectivity index (χ1v) is 8.02. The molecule has 25 heavy (non-hydrogen) atoms. The molecule has 1 aromatic carbocycles. The maximum atomic E-state index is 12.6. The lowest BCUT2D eigenvalue weighted by Crippen LogP contribution is -2.38. The van der Waals surface area contributed by atoms with Gasteiger partial charge >= 0.3 is 6.18 Å². The van der Waals surface area contributed by atoms with Crippen LogP contribution < -0.4 is 9.47 Å². The van der Waals surface area contributed by atoms with Crippen LogP contribution in [0.25, 0.3) is 10.6 Å². The predicted octanol–water partition coefficient (Wildman–Crippen LogP) is 3.73. The van der Waals surface area contributed by atoms with Crippen LogP contribution in [0.1, 0.15) is 9.67 Å². The lowest BCUT2D eigenvalue weighted by atomic mass is 10.2. The molecule has 9 heteroatoms. The van der Waals surface area contributed by atoms with Crippen LogP contribution in [-0.2, 0) is 0 Å². The van der Waals surface area contributed by atoms with Crippen LogP contribution in [0, 0.1) is 0 Å². The van der Waals surface area contributed by atoms with Crippen LogP contribution in [0.4, 0.5) is 13.2 Å². The molecular formula is C16H13F3N2O3S. The Hall–Kier alpha value is -2.55. The minimum Gasteiger partial charge on any atom is -0.454 e. The molecule has 1 aliphatic heterocycles. The summed E-state index contributed by atoms with van der Waals surface area (Å²) >= 11 is 1.02. The summed E-state index contributed by atoms with van der Waals surface area (Å²) in [6, 6.07) is 5.18. The fourth-order valence-electron chi connectivity index (χ4n) is 2.28. The van der Waals surface area contributed by atoms with Gasteiger partial charge in [0.2, 0.25) is 6.79 Å². The Morgan fingerprint density at radius 2 is 2.12 bits per heavy atom. The quantitative estimate of drug-likeness (QED) is 0.753. The summed E-state index contributed by atoms with van der Waals surface area (Å²) in [7, 11) is 0. The lowest BCUT2D eigenvalue weighted by Gasteiger charge is -2.21. The molecular weight excluding hydrogens is 357 g/mol. The van der Waals surface area contributed by atoms with Crippen molar-refractivity contribution in [1.82, 2.24) is 9.88 Å². The molecule has 0 saturated carbocycles. The van der Waals surface area contributed by atoms with E-state index in [0.717, 1.165) is 11.3 Å². The normalized spacial score (nSPS) is 12.9. The summed E-state index contributed by atoms with van der Waals surface area (Å²) in [5, 5.41) is 0.507. The summed E-state index contributed by atoms with van der Waals surface area (Å²) in [4.78, 5) is 17.3. The fourth-order valence-corrected chi connectivity index (χ4v) is 3.16. The third kappa shape index (κ3) is 3.93. The van der Waals surface area contributed by atoms with Gasteiger partial charge in [-0.05, 0) is 18.2 Å². The predicted molar refractivity (Wildman–Crippen MR) is 85.8 cm³/mol. The molecule has 0 fully saturated rings. The summed E-state index contributed by atoms with van der Waals surface area (Å²) < 4.78 is 48.4. The van der Waals surface area contributed by atoms with Gasteiger partial charge in [0.25, 0.3) is 5.91 Å². The van der Waals surface area contributed by atoms with Crippen molar-refractivity contribution in [1.29, 1.82) is 0 Å². The first kappa shape index (κ1) is 17.3. The molecule has 3 rings (SSSR count). The van der Waals surface area contributed by atoms with Gasteiger partial charge in [0.1, 0.15) is 16.4 Å². The molecule has 132 valence electrons. The van der Waals surface area contributed by atoms with E-state index in [1.807, 2.05) is 0 Å². The van der Waals surface area contributed by atoms with E-state index >= 15 is 0 Å². The summed E-state index contributed by atoms with van der Waals surface area (Å²) in [6.45, 7) is 1.99. The third-order valence-corrected chi connectivity index (χ3v) is 4.38. The third-order valence-electron chi connectivity index (χ3n) is 3.34. The van der Waals surface area contributed by atoms with Gasteiger partial charge in [-0.2, -0.15) is 13.2 Å². The molecule has 2 heterocycles. The minimum atomic E-state index is -4.48. The molecule has 0 spiro atoms. The molecule has 0 bridgehead atoms. The smallest absolute Gasteiger partial charge is 0.406 e. The van der Waals surface area contributed by atoms with Crippen LogP contribution >= 0.6 is 11.3 Å². The molecule has 2 aromatic rings. The van der Waals surface area contributed by atoms with Crippen molar-refractivity contribution in [2.24, 2.45) is 0 Å². The maximum absolute atomic E-state index is 12.6. The average molecular weight is 370 g/mol. The number of halogens is 3.